The Hall–Kier alpha value is -4.27. The van der Waals surface area contributed by atoms with Crippen molar-refractivity contribution in [1.29, 1.82) is 0 Å². The maximum atomic E-state index is 12.4. The second-order valence-electron chi connectivity index (χ2n) is 8.58. The number of rotatable bonds is 9. The van der Waals surface area contributed by atoms with Gasteiger partial charge in [0.1, 0.15) is 17.2 Å². The van der Waals surface area contributed by atoms with Crippen molar-refractivity contribution in [2.24, 2.45) is 0 Å². The fourth-order valence-corrected chi connectivity index (χ4v) is 3.68. The van der Waals surface area contributed by atoms with E-state index in [0.29, 0.717) is 41.8 Å². The molecule has 4 aromatic rings. The molecule has 3 heterocycles. The highest BCUT2D eigenvalue weighted by Crippen LogP contribution is 2.40. The van der Waals surface area contributed by atoms with E-state index in [2.05, 4.69) is 25.8 Å². The standard InChI is InChI=1S/C26H25N5O4/c1-16-22(15-28-25(33)21-13-23(35-31-21)18-8-9-18)30-26(34-16)19-5-2-6-20(12-19)29-24(32)10-7-17-4-3-11-27-14-17/h2-6,11-14,18H,7-10,15H2,1H3,(H,28,33)(H,29,32). The monoisotopic (exact) mass is 471 g/mol. The van der Waals surface area contributed by atoms with Crippen molar-refractivity contribution < 1.29 is 18.5 Å². The fourth-order valence-electron chi connectivity index (χ4n) is 3.68. The number of aryl methyl sites for hydroxylation is 2. The fraction of sp³-hybridized carbons (Fsp3) is 0.269. The molecule has 9 nitrogen and oxygen atoms in total. The lowest BCUT2D eigenvalue weighted by atomic mass is 10.1. The molecule has 178 valence electrons. The molecule has 3 aromatic heterocycles. The smallest absolute Gasteiger partial charge is 0.273 e. The zero-order chi connectivity index (χ0) is 24.2. The zero-order valence-electron chi connectivity index (χ0n) is 19.3. The van der Waals surface area contributed by atoms with Gasteiger partial charge in [0, 0.05) is 42.0 Å². The van der Waals surface area contributed by atoms with E-state index in [-0.39, 0.29) is 24.1 Å². The summed E-state index contributed by atoms with van der Waals surface area (Å²) in [4.78, 5) is 33.4. The number of oxazole rings is 1. The van der Waals surface area contributed by atoms with E-state index >= 15 is 0 Å². The quantitative estimate of drug-likeness (QED) is 0.371. The average Bonchev–Trinajstić information content (AvgIpc) is 3.48. The number of aromatic nitrogens is 3. The number of pyridine rings is 1. The van der Waals surface area contributed by atoms with Crippen molar-refractivity contribution >= 4 is 17.5 Å². The Kier molecular flexibility index (Phi) is 6.38. The lowest BCUT2D eigenvalue weighted by Gasteiger charge is -2.06. The summed E-state index contributed by atoms with van der Waals surface area (Å²) in [7, 11) is 0. The van der Waals surface area contributed by atoms with Crippen molar-refractivity contribution in [3.05, 3.63) is 83.3 Å². The van der Waals surface area contributed by atoms with Gasteiger partial charge in [-0.3, -0.25) is 14.6 Å². The molecular formula is C26H25N5O4. The second-order valence-corrected chi connectivity index (χ2v) is 8.58. The van der Waals surface area contributed by atoms with Crippen LogP contribution in [0.25, 0.3) is 11.5 Å². The Labute approximate surface area is 202 Å². The van der Waals surface area contributed by atoms with Crippen molar-refractivity contribution in [1.82, 2.24) is 20.4 Å². The normalized spacial score (nSPS) is 12.9. The van der Waals surface area contributed by atoms with Crippen LogP contribution in [-0.2, 0) is 17.8 Å². The van der Waals surface area contributed by atoms with E-state index in [4.69, 9.17) is 8.94 Å². The minimum absolute atomic E-state index is 0.0873. The molecule has 1 aromatic carbocycles. The van der Waals surface area contributed by atoms with Gasteiger partial charge in [-0.05, 0) is 56.0 Å². The van der Waals surface area contributed by atoms with Crippen LogP contribution in [0.4, 0.5) is 5.69 Å². The van der Waals surface area contributed by atoms with Crippen LogP contribution < -0.4 is 10.6 Å². The molecule has 0 aliphatic heterocycles. The van der Waals surface area contributed by atoms with Crippen LogP contribution in [0.15, 0.2) is 63.8 Å². The number of carbonyl (C=O) groups excluding carboxylic acids is 2. The third-order valence-corrected chi connectivity index (χ3v) is 5.81. The average molecular weight is 472 g/mol. The third kappa shape index (κ3) is 5.63. The third-order valence-electron chi connectivity index (χ3n) is 5.81. The van der Waals surface area contributed by atoms with E-state index in [0.717, 1.165) is 29.7 Å². The van der Waals surface area contributed by atoms with Gasteiger partial charge in [-0.1, -0.05) is 17.3 Å². The van der Waals surface area contributed by atoms with Crippen LogP contribution in [-0.4, -0.2) is 26.9 Å². The Morgan fingerprint density at radius 1 is 1.14 bits per heavy atom. The molecule has 5 rings (SSSR count). The summed E-state index contributed by atoms with van der Waals surface area (Å²) >= 11 is 0. The summed E-state index contributed by atoms with van der Waals surface area (Å²) < 4.78 is 11.1. The van der Waals surface area contributed by atoms with E-state index in [9.17, 15) is 9.59 Å². The van der Waals surface area contributed by atoms with Gasteiger partial charge in [0.15, 0.2) is 5.69 Å². The number of nitrogens with one attached hydrogen (secondary N) is 2. The molecule has 35 heavy (non-hydrogen) atoms. The molecule has 2 amide bonds. The predicted molar refractivity (Wildman–Crippen MR) is 128 cm³/mol. The first kappa shape index (κ1) is 22.5. The Morgan fingerprint density at radius 2 is 2.03 bits per heavy atom. The second kappa shape index (κ2) is 9.92. The molecule has 0 radical (unpaired) electrons. The molecule has 0 bridgehead atoms. The number of carbonyl (C=O) groups is 2. The molecule has 0 atom stereocenters. The predicted octanol–water partition coefficient (Wildman–Crippen LogP) is 4.41. The molecule has 1 aliphatic rings. The Bertz CT molecular complexity index is 1340. The van der Waals surface area contributed by atoms with Crippen LogP contribution >= 0.6 is 0 Å². The van der Waals surface area contributed by atoms with Crippen molar-refractivity contribution in [2.75, 3.05) is 5.32 Å². The molecule has 9 heteroatoms. The van der Waals surface area contributed by atoms with E-state index < -0.39 is 0 Å². The summed E-state index contributed by atoms with van der Waals surface area (Å²) in [6.07, 6.45) is 6.59. The highest BCUT2D eigenvalue weighted by Gasteiger charge is 2.29. The summed E-state index contributed by atoms with van der Waals surface area (Å²) in [5.41, 5.74) is 3.27. The van der Waals surface area contributed by atoms with Gasteiger partial charge in [-0.15, -0.1) is 0 Å². The van der Waals surface area contributed by atoms with Gasteiger partial charge >= 0.3 is 0 Å². The van der Waals surface area contributed by atoms with Crippen LogP contribution in [0.1, 0.15) is 58.4 Å². The summed E-state index contributed by atoms with van der Waals surface area (Å²) in [5, 5.41) is 9.59. The van der Waals surface area contributed by atoms with Crippen LogP contribution in [0.2, 0.25) is 0 Å². The molecule has 1 aliphatic carbocycles. The highest BCUT2D eigenvalue weighted by molar-refractivity contribution is 5.92. The SMILES string of the molecule is Cc1oc(-c2cccc(NC(=O)CCc3cccnc3)c2)nc1CNC(=O)c1cc(C2CC2)on1. The first-order chi connectivity index (χ1) is 17.0. The summed E-state index contributed by atoms with van der Waals surface area (Å²) in [6, 6.07) is 12.8. The molecule has 0 spiro atoms. The minimum atomic E-state index is -0.319. The lowest BCUT2D eigenvalue weighted by molar-refractivity contribution is -0.116. The van der Waals surface area contributed by atoms with Crippen LogP contribution in [0.3, 0.4) is 0 Å². The molecule has 0 unspecified atom stereocenters. The number of hydrogen-bond donors (Lipinski definition) is 2. The number of anilines is 1. The van der Waals surface area contributed by atoms with E-state index in [1.165, 1.54) is 0 Å². The number of nitrogens with zero attached hydrogens (tertiary/aromatic N) is 3. The summed E-state index contributed by atoms with van der Waals surface area (Å²) in [5.74, 6) is 1.77. The Morgan fingerprint density at radius 3 is 2.83 bits per heavy atom. The van der Waals surface area contributed by atoms with Gasteiger partial charge in [0.25, 0.3) is 5.91 Å². The molecule has 2 N–H and O–H groups in total. The summed E-state index contributed by atoms with van der Waals surface area (Å²) in [6.45, 7) is 1.99. The molecule has 1 fully saturated rings. The van der Waals surface area contributed by atoms with Gasteiger partial charge in [0.2, 0.25) is 11.8 Å². The topological polar surface area (TPSA) is 123 Å². The van der Waals surface area contributed by atoms with Crippen LogP contribution in [0.5, 0.6) is 0 Å². The van der Waals surface area contributed by atoms with Crippen LogP contribution in [0, 0.1) is 6.92 Å². The van der Waals surface area contributed by atoms with Crippen molar-refractivity contribution in [3.8, 4) is 11.5 Å². The highest BCUT2D eigenvalue weighted by atomic mass is 16.5. The van der Waals surface area contributed by atoms with E-state index in [1.807, 2.05) is 36.4 Å². The van der Waals surface area contributed by atoms with Gasteiger partial charge in [-0.2, -0.15) is 0 Å². The zero-order valence-corrected chi connectivity index (χ0v) is 19.3. The van der Waals surface area contributed by atoms with Crippen molar-refractivity contribution in [3.63, 3.8) is 0 Å². The number of amides is 2. The molecule has 1 saturated carbocycles. The van der Waals surface area contributed by atoms with E-state index in [1.54, 1.807) is 25.4 Å². The minimum Gasteiger partial charge on any atom is -0.441 e. The maximum absolute atomic E-state index is 12.4. The first-order valence-corrected chi connectivity index (χ1v) is 11.6. The van der Waals surface area contributed by atoms with Crippen molar-refractivity contribution in [2.45, 2.75) is 45.1 Å². The molecule has 0 saturated heterocycles. The van der Waals surface area contributed by atoms with Gasteiger partial charge < -0.3 is 19.6 Å². The molecular weight excluding hydrogens is 446 g/mol. The maximum Gasteiger partial charge on any atom is 0.273 e. The Balaban J connectivity index is 1.19. The van der Waals surface area contributed by atoms with Gasteiger partial charge in [0.05, 0.1) is 6.54 Å². The number of hydrogen-bond acceptors (Lipinski definition) is 7. The lowest BCUT2D eigenvalue weighted by Crippen LogP contribution is -2.23. The van der Waals surface area contributed by atoms with Gasteiger partial charge in [-0.25, -0.2) is 4.98 Å². The number of benzene rings is 1. The first-order valence-electron chi connectivity index (χ1n) is 11.6. The largest absolute Gasteiger partial charge is 0.441 e.